The predicted octanol–water partition coefficient (Wildman–Crippen LogP) is 5.03. The number of nitrogens with zero attached hydrogens (tertiary/aromatic N) is 1. The largest absolute Gasteiger partial charge is 0.464 e. The summed E-state index contributed by atoms with van der Waals surface area (Å²) in [6, 6.07) is 22.9. The average molecular weight is 447 g/mol. The number of unbranched alkanes of at least 4 members (excludes halogenated alkanes) is 3. The van der Waals surface area contributed by atoms with Gasteiger partial charge in [0, 0.05) is 18.4 Å². The minimum absolute atomic E-state index is 0.185. The number of rotatable bonds is 11. The maximum Gasteiger partial charge on any atom is 0.407 e. The molecule has 0 aromatic heterocycles. The summed E-state index contributed by atoms with van der Waals surface area (Å²) in [5, 5.41) is 2.38. The number of carbonyl (C=O) groups is 2. The Hall–Kier alpha value is -3.90. The first-order chi connectivity index (χ1) is 16.2. The number of carbonyl (C=O) groups excluding carboxylic acids is 2. The lowest BCUT2D eigenvalue weighted by Gasteiger charge is -2.17. The van der Waals surface area contributed by atoms with Crippen LogP contribution in [0.4, 0.5) is 16.2 Å². The Bertz CT molecular complexity index is 930. The number of amides is 1. The summed E-state index contributed by atoms with van der Waals surface area (Å²) in [4.78, 5) is 24.9. The fourth-order valence-electron chi connectivity index (χ4n) is 2.68. The topological polar surface area (TPSA) is 67.9 Å². The number of esters is 1. The number of benzene rings is 2. The first-order valence-corrected chi connectivity index (χ1v) is 11.2. The minimum atomic E-state index is -0.624. The molecule has 0 unspecified atom stereocenters. The van der Waals surface area contributed by atoms with Crippen molar-refractivity contribution in [2.75, 3.05) is 24.7 Å². The Morgan fingerprint density at radius 1 is 0.848 bits per heavy atom. The van der Waals surface area contributed by atoms with Crippen LogP contribution < -0.4 is 10.2 Å². The molecule has 2 rings (SSSR count). The van der Waals surface area contributed by atoms with Crippen LogP contribution in [-0.2, 0) is 14.3 Å². The van der Waals surface area contributed by atoms with Crippen LogP contribution in [0.5, 0.6) is 0 Å². The molecule has 1 amide bonds. The first-order valence-electron chi connectivity index (χ1n) is 11.2. The number of para-hydroxylation sites is 2. The SMILES string of the molecule is CCCCOC(=O)CNC(=O)OCCCCC#CC#CN(c1ccccc1)c1ccccc1. The highest BCUT2D eigenvalue weighted by Gasteiger charge is 2.07. The lowest BCUT2D eigenvalue weighted by molar-refractivity contribution is -0.142. The standard InChI is InChI=1S/C27H30N2O4/c1-2-3-21-32-26(30)23-28-27(31)33-22-15-7-5-4-6-14-20-29(24-16-10-8-11-17-24)25-18-12-9-13-19-25/h8-13,16-19H,2-3,5,7,15,21-23H2,1H3,(H,28,31). The molecule has 1 N–H and O–H groups in total. The Balaban J connectivity index is 1.67. The van der Waals surface area contributed by atoms with Gasteiger partial charge in [0.1, 0.15) is 6.54 Å². The van der Waals surface area contributed by atoms with Crippen molar-refractivity contribution < 1.29 is 19.1 Å². The van der Waals surface area contributed by atoms with Gasteiger partial charge in [-0.05, 0) is 49.4 Å². The Kier molecular flexibility index (Phi) is 12.2. The minimum Gasteiger partial charge on any atom is -0.464 e. The third-order valence-corrected chi connectivity index (χ3v) is 4.41. The summed E-state index contributed by atoms with van der Waals surface area (Å²) in [6.07, 6.45) is 3.24. The average Bonchev–Trinajstić information content (AvgIpc) is 2.85. The van der Waals surface area contributed by atoms with Crippen molar-refractivity contribution in [1.82, 2.24) is 5.32 Å². The molecule has 0 aliphatic heterocycles. The monoisotopic (exact) mass is 446 g/mol. The van der Waals surface area contributed by atoms with Crippen molar-refractivity contribution in [2.45, 2.75) is 39.0 Å². The number of hydrogen-bond donors (Lipinski definition) is 1. The third kappa shape index (κ3) is 10.8. The van der Waals surface area contributed by atoms with Gasteiger partial charge in [-0.15, -0.1) is 0 Å². The van der Waals surface area contributed by atoms with Crippen LogP contribution in [0, 0.1) is 23.8 Å². The fraction of sp³-hybridized carbons (Fsp3) is 0.333. The molecule has 0 atom stereocenters. The van der Waals surface area contributed by atoms with E-state index in [9.17, 15) is 9.59 Å². The summed E-state index contributed by atoms with van der Waals surface area (Å²) in [7, 11) is 0. The van der Waals surface area contributed by atoms with Gasteiger partial charge in [0.15, 0.2) is 0 Å². The van der Waals surface area contributed by atoms with Crippen molar-refractivity contribution >= 4 is 23.4 Å². The van der Waals surface area contributed by atoms with E-state index in [4.69, 9.17) is 9.47 Å². The number of alkyl carbamates (subject to hydrolysis) is 1. The van der Waals surface area contributed by atoms with Gasteiger partial charge in [0.05, 0.1) is 24.6 Å². The maximum atomic E-state index is 11.6. The van der Waals surface area contributed by atoms with E-state index in [1.54, 1.807) is 0 Å². The number of ether oxygens (including phenoxy) is 2. The van der Waals surface area contributed by atoms with Crippen LogP contribution in [0.1, 0.15) is 39.0 Å². The van der Waals surface area contributed by atoms with Crippen LogP contribution in [0.3, 0.4) is 0 Å². The van der Waals surface area contributed by atoms with E-state index in [-0.39, 0.29) is 13.2 Å². The van der Waals surface area contributed by atoms with Gasteiger partial charge < -0.3 is 14.8 Å². The molecule has 0 heterocycles. The van der Waals surface area contributed by atoms with E-state index in [2.05, 4.69) is 29.1 Å². The number of anilines is 2. The lowest BCUT2D eigenvalue weighted by atomic mass is 10.2. The van der Waals surface area contributed by atoms with Crippen molar-refractivity contribution in [1.29, 1.82) is 0 Å². The summed E-state index contributed by atoms with van der Waals surface area (Å²) in [5.41, 5.74) is 1.95. The van der Waals surface area contributed by atoms with E-state index in [1.165, 1.54) is 0 Å². The molecule has 0 bridgehead atoms. The van der Waals surface area contributed by atoms with Gasteiger partial charge in [-0.1, -0.05) is 55.7 Å². The summed E-state index contributed by atoms with van der Waals surface area (Å²) >= 11 is 0. The van der Waals surface area contributed by atoms with Crippen LogP contribution in [0.2, 0.25) is 0 Å². The van der Waals surface area contributed by atoms with Crippen LogP contribution in [-0.4, -0.2) is 31.8 Å². The highest BCUT2D eigenvalue weighted by Crippen LogP contribution is 2.23. The highest BCUT2D eigenvalue weighted by atomic mass is 16.6. The van der Waals surface area contributed by atoms with Crippen molar-refractivity contribution in [2.24, 2.45) is 0 Å². The Labute approximate surface area is 196 Å². The second-order valence-electron chi connectivity index (χ2n) is 7.07. The highest BCUT2D eigenvalue weighted by molar-refractivity contribution is 5.77. The van der Waals surface area contributed by atoms with Gasteiger partial charge in [0.25, 0.3) is 0 Å². The zero-order valence-electron chi connectivity index (χ0n) is 19.0. The number of hydrogen-bond acceptors (Lipinski definition) is 5. The number of nitrogens with one attached hydrogen (secondary N) is 1. The van der Waals surface area contributed by atoms with E-state index >= 15 is 0 Å². The molecule has 2 aromatic rings. The molecular weight excluding hydrogens is 416 g/mol. The van der Waals surface area contributed by atoms with E-state index in [0.29, 0.717) is 19.4 Å². The fourth-order valence-corrected chi connectivity index (χ4v) is 2.68. The molecule has 0 aliphatic carbocycles. The zero-order chi connectivity index (χ0) is 23.6. The molecule has 0 spiro atoms. The molecule has 6 heteroatoms. The molecule has 0 aliphatic rings. The first kappa shape index (κ1) is 25.4. The summed E-state index contributed by atoms with van der Waals surface area (Å²) in [5.74, 6) is 8.36. The molecule has 2 aromatic carbocycles. The van der Waals surface area contributed by atoms with Crippen LogP contribution >= 0.6 is 0 Å². The third-order valence-electron chi connectivity index (χ3n) is 4.41. The predicted molar refractivity (Wildman–Crippen MR) is 130 cm³/mol. The molecule has 172 valence electrons. The Morgan fingerprint density at radius 3 is 2.12 bits per heavy atom. The van der Waals surface area contributed by atoms with Gasteiger partial charge in [0.2, 0.25) is 0 Å². The van der Waals surface area contributed by atoms with E-state index in [1.807, 2.05) is 72.5 Å². The van der Waals surface area contributed by atoms with Gasteiger partial charge >= 0.3 is 12.1 Å². The van der Waals surface area contributed by atoms with Gasteiger partial charge in [-0.25, -0.2) is 4.79 Å². The second-order valence-corrected chi connectivity index (χ2v) is 7.07. The summed E-state index contributed by atoms with van der Waals surface area (Å²) < 4.78 is 9.98. The van der Waals surface area contributed by atoms with Crippen molar-refractivity contribution in [3.05, 3.63) is 60.7 Å². The van der Waals surface area contributed by atoms with E-state index in [0.717, 1.165) is 30.6 Å². The summed E-state index contributed by atoms with van der Waals surface area (Å²) in [6.45, 7) is 2.46. The maximum absolute atomic E-state index is 11.6. The van der Waals surface area contributed by atoms with Gasteiger partial charge in [-0.3, -0.25) is 9.69 Å². The lowest BCUT2D eigenvalue weighted by Crippen LogP contribution is -2.31. The van der Waals surface area contributed by atoms with Crippen molar-refractivity contribution in [3.63, 3.8) is 0 Å². The van der Waals surface area contributed by atoms with Crippen LogP contribution in [0.15, 0.2) is 60.7 Å². The molecule has 0 saturated heterocycles. The zero-order valence-corrected chi connectivity index (χ0v) is 19.0. The van der Waals surface area contributed by atoms with E-state index < -0.39 is 12.1 Å². The normalized spacial score (nSPS) is 9.48. The molecule has 0 saturated carbocycles. The van der Waals surface area contributed by atoms with Gasteiger partial charge in [-0.2, -0.15) is 0 Å². The molecule has 0 radical (unpaired) electrons. The quantitative estimate of drug-likeness (QED) is 0.227. The second kappa shape index (κ2) is 15.8. The van der Waals surface area contributed by atoms with Crippen LogP contribution in [0.25, 0.3) is 0 Å². The molecular formula is C27H30N2O4. The molecule has 33 heavy (non-hydrogen) atoms. The smallest absolute Gasteiger partial charge is 0.407 e. The molecule has 6 nitrogen and oxygen atoms in total. The molecule has 0 fully saturated rings. The Morgan fingerprint density at radius 2 is 1.48 bits per heavy atom. The van der Waals surface area contributed by atoms with Crippen molar-refractivity contribution in [3.8, 4) is 23.8 Å².